The van der Waals surface area contributed by atoms with Gasteiger partial charge in [0, 0.05) is 16.8 Å². The summed E-state index contributed by atoms with van der Waals surface area (Å²) in [5, 5.41) is 10.3. The van der Waals surface area contributed by atoms with Crippen molar-refractivity contribution in [3.63, 3.8) is 0 Å². The molecule has 0 fully saturated rings. The van der Waals surface area contributed by atoms with Crippen molar-refractivity contribution in [2.24, 2.45) is 4.99 Å². The zero-order valence-electron chi connectivity index (χ0n) is 24.4. The predicted molar refractivity (Wildman–Crippen MR) is 183 cm³/mol. The number of para-hydroxylation sites is 4. The number of aromatic nitrogens is 1. The smallest absolute Gasteiger partial charge is 0.154 e. The van der Waals surface area contributed by atoms with Gasteiger partial charge in [0.05, 0.1) is 16.8 Å². The summed E-state index contributed by atoms with van der Waals surface area (Å²) in [5.41, 5.74) is 12.6. The third kappa shape index (κ3) is 3.66. The lowest BCUT2D eigenvalue weighted by atomic mass is 9.64. The molecule has 1 aromatic heterocycles. The fraction of sp³-hybridized carbons (Fsp3) is 0.0244. The normalized spacial score (nSPS) is 14.1. The zero-order valence-corrected chi connectivity index (χ0v) is 24.4. The van der Waals surface area contributed by atoms with Gasteiger partial charge in [-0.15, -0.1) is 0 Å². The van der Waals surface area contributed by atoms with Gasteiger partial charge in [0.25, 0.3) is 0 Å². The number of hydrogen-bond acceptors (Lipinski definition) is 2. The highest BCUT2D eigenvalue weighted by Crippen LogP contribution is 2.63. The lowest BCUT2D eigenvalue weighted by molar-refractivity contribution is 0.752. The average molecular weight is 577 g/mol. The molecular weight excluding hydrogens is 548 g/mol. The molecule has 7 aromatic rings. The Hall–Kier alpha value is -6.00. The first-order chi connectivity index (χ1) is 22.2. The van der Waals surface area contributed by atoms with E-state index in [2.05, 4.69) is 131 Å². The van der Waals surface area contributed by atoms with Crippen molar-refractivity contribution in [1.82, 2.24) is 4.98 Å². The van der Waals surface area contributed by atoms with E-state index >= 15 is 0 Å². The molecular formula is C41H28N4. The maximum absolute atomic E-state index is 9.14. The molecule has 4 nitrogen and oxygen atoms in total. The number of fused-ring (bicyclic) bond motifs is 10. The van der Waals surface area contributed by atoms with Crippen molar-refractivity contribution >= 4 is 33.8 Å². The van der Waals surface area contributed by atoms with Gasteiger partial charge in [-0.1, -0.05) is 109 Å². The molecule has 45 heavy (non-hydrogen) atoms. The van der Waals surface area contributed by atoms with Crippen LogP contribution in [0, 0.1) is 5.41 Å². The first-order valence-corrected chi connectivity index (χ1v) is 15.2. The van der Waals surface area contributed by atoms with Crippen molar-refractivity contribution in [3.8, 4) is 11.1 Å². The maximum Gasteiger partial charge on any atom is 0.154 e. The van der Waals surface area contributed by atoms with Crippen LogP contribution in [0.2, 0.25) is 0 Å². The van der Waals surface area contributed by atoms with E-state index in [0.717, 1.165) is 33.5 Å². The highest BCUT2D eigenvalue weighted by molar-refractivity contribution is 6.01. The van der Waals surface area contributed by atoms with E-state index in [1.165, 1.54) is 33.4 Å². The van der Waals surface area contributed by atoms with Crippen LogP contribution in [-0.2, 0) is 5.41 Å². The molecule has 1 spiro atoms. The van der Waals surface area contributed by atoms with Gasteiger partial charge >= 0.3 is 0 Å². The Bertz CT molecular complexity index is 2320. The Morgan fingerprint density at radius 1 is 0.556 bits per heavy atom. The molecule has 0 saturated carbocycles. The van der Waals surface area contributed by atoms with Crippen LogP contribution in [-0.4, -0.2) is 10.8 Å². The minimum absolute atomic E-state index is 0.221. The number of H-pyrrole nitrogens is 1. The van der Waals surface area contributed by atoms with Gasteiger partial charge in [0.2, 0.25) is 0 Å². The largest absolute Gasteiger partial charge is 0.340 e. The van der Waals surface area contributed by atoms with Crippen LogP contribution in [0.15, 0.2) is 163 Å². The van der Waals surface area contributed by atoms with Crippen LogP contribution >= 0.6 is 0 Å². The number of nitrogens with one attached hydrogen (secondary N) is 2. The maximum atomic E-state index is 9.14. The van der Waals surface area contributed by atoms with Gasteiger partial charge in [-0.2, -0.15) is 0 Å². The second kappa shape index (κ2) is 9.76. The summed E-state index contributed by atoms with van der Waals surface area (Å²) in [6, 6.07) is 55.5. The Kier molecular flexibility index (Phi) is 5.53. The van der Waals surface area contributed by atoms with Crippen LogP contribution in [0.4, 0.5) is 17.1 Å². The van der Waals surface area contributed by atoms with Crippen LogP contribution in [0.3, 0.4) is 0 Å². The average Bonchev–Trinajstić information content (AvgIpc) is 3.39. The molecule has 1 aliphatic heterocycles. The van der Waals surface area contributed by atoms with Crippen molar-refractivity contribution in [2.45, 2.75) is 5.41 Å². The lowest BCUT2D eigenvalue weighted by Gasteiger charge is -2.45. The van der Waals surface area contributed by atoms with Crippen molar-refractivity contribution in [1.29, 1.82) is 5.41 Å². The molecule has 2 heterocycles. The Labute approximate surface area is 261 Å². The minimum atomic E-state index is -0.560. The molecule has 0 saturated heterocycles. The summed E-state index contributed by atoms with van der Waals surface area (Å²) in [7, 11) is 0. The number of amidine groups is 1. The summed E-state index contributed by atoms with van der Waals surface area (Å²) >= 11 is 0. The van der Waals surface area contributed by atoms with Gasteiger partial charge in [0.1, 0.15) is 5.49 Å². The third-order valence-electron chi connectivity index (χ3n) is 9.31. The number of pyridine rings is 1. The van der Waals surface area contributed by atoms with Gasteiger partial charge in [-0.25, -0.2) is 4.99 Å². The summed E-state index contributed by atoms with van der Waals surface area (Å²) in [5.74, 6) is 0.221. The van der Waals surface area contributed by atoms with Crippen LogP contribution in [0.1, 0.15) is 27.8 Å². The SMILES string of the molecule is N=C(/N=c1/ccc2ccccc2[nH]1)c1ccc2c(c1)C1(c3ccccc3-2)c2ccccc2N(c2ccccc2)c2ccccc21. The molecule has 0 atom stereocenters. The number of aromatic amines is 1. The summed E-state index contributed by atoms with van der Waals surface area (Å²) in [6.45, 7) is 0. The number of benzene rings is 6. The van der Waals surface area contributed by atoms with Crippen molar-refractivity contribution < 1.29 is 0 Å². The van der Waals surface area contributed by atoms with E-state index < -0.39 is 5.41 Å². The number of rotatable bonds is 2. The highest BCUT2D eigenvalue weighted by Gasteiger charge is 2.51. The van der Waals surface area contributed by atoms with Crippen LogP contribution in [0.5, 0.6) is 0 Å². The number of anilines is 3. The van der Waals surface area contributed by atoms with Gasteiger partial charge < -0.3 is 9.88 Å². The van der Waals surface area contributed by atoms with E-state index in [0.29, 0.717) is 5.49 Å². The summed E-state index contributed by atoms with van der Waals surface area (Å²) < 4.78 is 0. The fourth-order valence-corrected chi connectivity index (χ4v) is 7.46. The Balaban J connectivity index is 1.30. The molecule has 0 unspecified atom stereocenters. The molecule has 0 bridgehead atoms. The molecule has 212 valence electrons. The Morgan fingerprint density at radius 2 is 1.18 bits per heavy atom. The van der Waals surface area contributed by atoms with E-state index in [1.54, 1.807) is 0 Å². The van der Waals surface area contributed by atoms with Gasteiger partial charge in [0.15, 0.2) is 5.84 Å². The summed E-state index contributed by atoms with van der Waals surface area (Å²) in [6.07, 6.45) is 0. The van der Waals surface area contributed by atoms with E-state index in [4.69, 9.17) is 10.4 Å². The quantitative estimate of drug-likeness (QED) is 0.156. The molecule has 9 rings (SSSR count). The summed E-state index contributed by atoms with van der Waals surface area (Å²) in [4.78, 5) is 10.5. The molecule has 2 N–H and O–H groups in total. The third-order valence-corrected chi connectivity index (χ3v) is 9.31. The number of nitrogens with zero attached hydrogens (tertiary/aromatic N) is 2. The van der Waals surface area contributed by atoms with Gasteiger partial charge in [-0.3, -0.25) is 5.41 Å². The standard InChI is InChI=1S/C41H28N4/c42-40(44-39-25-23-27-12-4-9-19-36(27)43-39)28-22-24-31-30-15-5-6-16-32(30)41(35(31)26-28)33-17-7-10-20-37(33)45(29-13-2-1-3-14-29)38-21-11-8-18-34(38)41/h1-26H,(H2,42,43,44). The lowest BCUT2D eigenvalue weighted by Crippen LogP contribution is -2.36. The topological polar surface area (TPSA) is 55.2 Å². The van der Waals surface area contributed by atoms with Crippen molar-refractivity contribution in [3.05, 3.63) is 191 Å². The van der Waals surface area contributed by atoms with Crippen LogP contribution < -0.4 is 10.4 Å². The second-order valence-corrected chi connectivity index (χ2v) is 11.7. The fourth-order valence-electron chi connectivity index (χ4n) is 7.46. The first-order valence-electron chi connectivity index (χ1n) is 15.2. The first kappa shape index (κ1) is 25.5. The predicted octanol–water partition coefficient (Wildman–Crippen LogP) is 9.24. The Morgan fingerprint density at radius 3 is 1.96 bits per heavy atom. The molecule has 4 heteroatoms. The zero-order chi connectivity index (χ0) is 30.0. The molecule has 0 amide bonds. The second-order valence-electron chi connectivity index (χ2n) is 11.7. The van der Waals surface area contributed by atoms with E-state index in [1.807, 2.05) is 36.4 Å². The molecule has 2 aliphatic rings. The van der Waals surface area contributed by atoms with E-state index in [9.17, 15) is 0 Å². The highest BCUT2D eigenvalue weighted by atomic mass is 15.2. The molecule has 0 radical (unpaired) electrons. The number of hydrogen-bond donors (Lipinski definition) is 2. The van der Waals surface area contributed by atoms with Crippen LogP contribution in [0.25, 0.3) is 22.0 Å². The minimum Gasteiger partial charge on any atom is -0.340 e. The molecule has 6 aromatic carbocycles. The van der Waals surface area contributed by atoms with Crippen molar-refractivity contribution in [2.75, 3.05) is 4.90 Å². The monoisotopic (exact) mass is 576 g/mol. The van der Waals surface area contributed by atoms with E-state index in [-0.39, 0.29) is 5.84 Å². The van der Waals surface area contributed by atoms with Gasteiger partial charge in [-0.05, 0) is 87.3 Å². The molecule has 1 aliphatic carbocycles.